The Bertz CT molecular complexity index is 2310. The van der Waals surface area contributed by atoms with Crippen molar-refractivity contribution in [3.05, 3.63) is 0 Å². The summed E-state index contributed by atoms with van der Waals surface area (Å²) in [5, 5.41) is 94.1. The van der Waals surface area contributed by atoms with Crippen molar-refractivity contribution in [2.45, 2.75) is 366 Å². The van der Waals surface area contributed by atoms with Crippen molar-refractivity contribution in [3.8, 4) is 59.2 Å². The van der Waals surface area contributed by atoms with E-state index < -0.39 is 56.0 Å². The van der Waals surface area contributed by atoms with Gasteiger partial charge < -0.3 is 79.5 Å². The maximum absolute atomic E-state index is 10.2. The van der Waals surface area contributed by atoms with E-state index in [1.54, 1.807) is 27.7 Å². The number of hydrogen-bond acceptors (Lipinski definition) is 16. The largest absolute Gasteiger partial charge is 0.396 e. The van der Waals surface area contributed by atoms with Crippen molar-refractivity contribution in [2.75, 3.05) is 79.3 Å². The van der Waals surface area contributed by atoms with Crippen LogP contribution in [0.3, 0.4) is 0 Å². The Kier molecular flexibility index (Phi) is 60.5. The van der Waals surface area contributed by atoms with Gasteiger partial charge in [0.2, 0.25) is 0 Å². The molecule has 16 heteroatoms. The zero-order chi connectivity index (χ0) is 81.0. The molecule has 13 unspecified atom stereocenters. The van der Waals surface area contributed by atoms with Gasteiger partial charge in [-0.1, -0.05) is 210 Å². The molecular weight excluding hydrogens is 1300 g/mol. The van der Waals surface area contributed by atoms with E-state index in [1.807, 2.05) is 62.3 Å². The molecule has 0 aliphatic carbocycles. The van der Waals surface area contributed by atoms with E-state index >= 15 is 0 Å². The second-order valence-corrected chi connectivity index (χ2v) is 33.7. The normalized spacial score (nSPS) is 18.1. The van der Waals surface area contributed by atoms with Crippen molar-refractivity contribution in [1.82, 2.24) is 0 Å². The first kappa shape index (κ1) is 109. The maximum Gasteiger partial charge on any atom is 0.126 e. The van der Waals surface area contributed by atoms with E-state index in [4.69, 9.17) is 59.1 Å². The Morgan fingerprint density at radius 2 is 0.427 bits per heavy atom. The standard InChI is InChI=1S/C22H42O4.C18H34O4.C17H32O4.C16H30O2.C14H26O2/c1-19(2)17-21(5,25-15-9-7-13-23)11-12-22(6,18-20(3)4)26-16-10-8-14-24;1-15(2)13-17(5,21-11-9-19)7-8-18(6,14-16(3)4)22-12-10-20;1-6-15(3)14-17(5,21-13-11-19)9-8-16(4,7-2)20-12-10-18;1-7-13(3)11-15(5,17)9-10-16(6,18)12-14(4)8-2;1-11(2)9-13(5,15)7-8-14(6,16)10-12(3)4/h19-20,23-24H,7-10,13-18H2,1-6H3;15-16,19-20H,9-14H2,1-6H3;15,18-19H,6-7,10-14H2,1-5H3;13-14,17-18H,7-8,11-12H2,1-6H3;11-12,15-16H,9-10H2,1-6H3. The van der Waals surface area contributed by atoms with Gasteiger partial charge in [-0.2, -0.15) is 0 Å². The summed E-state index contributed by atoms with van der Waals surface area (Å²) in [5.74, 6) is 34.9. The van der Waals surface area contributed by atoms with Gasteiger partial charge in [-0.3, -0.25) is 0 Å². The third-order valence-electron chi connectivity index (χ3n) is 16.8. The van der Waals surface area contributed by atoms with Gasteiger partial charge in [0.1, 0.15) is 56.0 Å². The molecule has 0 spiro atoms. The fourth-order valence-electron chi connectivity index (χ4n) is 11.8. The lowest BCUT2D eigenvalue weighted by atomic mass is 9.88. The molecule has 0 rings (SSSR count). The Morgan fingerprint density at radius 1 is 0.233 bits per heavy atom. The van der Waals surface area contributed by atoms with E-state index in [0.717, 1.165) is 83.5 Å². The average molecular weight is 1470 g/mol. The van der Waals surface area contributed by atoms with Crippen LogP contribution in [0.5, 0.6) is 0 Å². The van der Waals surface area contributed by atoms with Crippen molar-refractivity contribution in [1.29, 1.82) is 0 Å². The van der Waals surface area contributed by atoms with E-state index in [2.05, 4.69) is 170 Å². The second kappa shape index (κ2) is 57.3. The summed E-state index contributed by atoms with van der Waals surface area (Å²) >= 11 is 0. The minimum Gasteiger partial charge on any atom is -0.396 e. The summed E-state index contributed by atoms with van der Waals surface area (Å²) in [6, 6.07) is 0. The first-order valence-corrected chi connectivity index (χ1v) is 39.4. The molecule has 16 nitrogen and oxygen atoms in total. The predicted molar refractivity (Wildman–Crippen MR) is 428 cm³/mol. The highest BCUT2D eigenvalue weighted by Gasteiger charge is 2.32. The highest BCUT2D eigenvalue weighted by molar-refractivity contribution is 5.24. The van der Waals surface area contributed by atoms with Gasteiger partial charge in [-0.15, -0.1) is 0 Å². The van der Waals surface area contributed by atoms with Crippen LogP contribution in [0.1, 0.15) is 310 Å². The SMILES string of the molecule is CC(C)CC(C)(C#CC(C)(CC(C)C)OCCCCO)OCCCCO.CC(C)CC(C)(C#CC(C)(CC(C)C)OCCO)OCCO.CC(C)CC(C)(O)C#CC(C)(O)CC(C)C.CCC(C)CC(C)(C#CC(C)(CC)OCCO)OCCO.CCC(C)CC(C)(O)C#CC(C)(O)CC(C)CC. The molecule has 10 N–H and O–H groups in total. The molecular formula is C87H164O16. The molecule has 0 saturated heterocycles. The van der Waals surface area contributed by atoms with Crippen LogP contribution in [0, 0.1) is 112 Å². The van der Waals surface area contributed by atoms with Gasteiger partial charge in [0.05, 0.1) is 52.9 Å². The Balaban J connectivity index is -0.000000392. The van der Waals surface area contributed by atoms with Gasteiger partial charge in [0.25, 0.3) is 0 Å². The van der Waals surface area contributed by atoms with Crippen LogP contribution < -0.4 is 0 Å². The lowest BCUT2D eigenvalue weighted by Gasteiger charge is -2.30. The summed E-state index contributed by atoms with van der Waals surface area (Å²) in [4.78, 5) is 0. The maximum atomic E-state index is 10.2. The van der Waals surface area contributed by atoms with Crippen LogP contribution in [0.4, 0.5) is 0 Å². The Labute approximate surface area is 634 Å². The molecule has 0 aliphatic heterocycles. The smallest absolute Gasteiger partial charge is 0.126 e. The zero-order valence-corrected chi connectivity index (χ0v) is 71.6. The van der Waals surface area contributed by atoms with Crippen molar-refractivity contribution in [2.24, 2.45) is 53.3 Å². The lowest BCUT2D eigenvalue weighted by Crippen LogP contribution is -2.34. The molecule has 0 aliphatic rings. The van der Waals surface area contributed by atoms with Gasteiger partial charge in [0.15, 0.2) is 0 Å². The van der Waals surface area contributed by atoms with E-state index in [0.29, 0.717) is 92.2 Å². The molecule has 103 heavy (non-hydrogen) atoms. The van der Waals surface area contributed by atoms with Crippen molar-refractivity contribution in [3.63, 3.8) is 0 Å². The zero-order valence-electron chi connectivity index (χ0n) is 71.6. The van der Waals surface area contributed by atoms with Gasteiger partial charge >= 0.3 is 0 Å². The highest BCUT2D eigenvalue weighted by Crippen LogP contribution is 2.29. The minimum absolute atomic E-state index is 0.0101. The van der Waals surface area contributed by atoms with Crippen LogP contribution in [0.15, 0.2) is 0 Å². The molecule has 0 fully saturated rings. The summed E-state index contributed by atoms with van der Waals surface area (Å²) < 4.78 is 35.2. The van der Waals surface area contributed by atoms with Gasteiger partial charge in [-0.25, -0.2) is 0 Å². The molecule has 13 atom stereocenters. The second-order valence-electron chi connectivity index (χ2n) is 33.7. The van der Waals surface area contributed by atoms with Crippen LogP contribution in [-0.2, 0) is 28.4 Å². The fraction of sp³-hybridized carbons (Fsp3) is 0.885. The van der Waals surface area contributed by atoms with Crippen LogP contribution in [-0.4, -0.2) is 186 Å². The Morgan fingerprint density at radius 3 is 0.631 bits per heavy atom. The number of aliphatic hydroxyl groups is 10. The summed E-state index contributed by atoms with van der Waals surface area (Å²) in [6.07, 6.45) is 13.7. The van der Waals surface area contributed by atoms with Gasteiger partial charge in [0, 0.05) is 26.4 Å². The molecule has 0 heterocycles. The molecule has 0 amide bonds. The highest BCUT2D eigenvalue weighted by atomic mass is 16.5. The molecule has 0 bridgehead atoms. The Hall–Kier alpha value is -2.84. The summed E-state index contributed by atoms with van der Waals surface area (Å²) in [6.45, 7) is 61.5. The lowest BCUT2D eigenvalue weighted by molar-refractivity contribution is -0.0255. The fourth-order valence-corrected chi connectivity index (χ4v) is 11.8. The molecule has 0 aromatic rings. The molecule has 0 saturated carbocycles. The molecule has 0 aromatic heterocycles. The quantitative estimate of drug-likeness (QED) is 0.0201. The van der Waals surface area contributed by atoms with E-state index in [-0.39, 0.29) is 66.1 Å². The van der Waals surface area contributed by atoms with Crippen LogP contribution >= 0.6 is 0 Å². The third-order valence-corrected chi connectivity index (χ3v) is 16.8. The number of aliphatic hydroxyl groups excluding tert-OH is 6. The van der Waals surface area contributed by atoms with Crippen LogP contribution in [0.25, 0.3) is 0 Å². The van der Waals surface area contributed by atoms with Crippen molar-refractivity contribution >= 4 is 0 Å². The van der Waals surface area contributed by atoms with Crippen molar-refractivity contribution < 1.29 is 79.5 Å². The molecule has 608 valence electrons. The predicted octanol–water partition coefficient (Wildman–Crippen LogP) is 15.1. The first-order valence-electron chi connectivity index (χ1n) is 39.4. The summed E-state index contributed by atoms with van der Waals surface area (Å²) in [5.41, 5.74) is -7.39. The number of hydrogen-bond donors (Lipinski definition) is 10. The topological polar surface area (TPSA) is 258 Å². The average Bonchev–Trinajstić information content (AvgIpc) is 0.868. The van der Waals surface area contributed by atoms with E-state index in [1.165, 1.54) is 0 Å². The summed E-state index contributed by atoms with van der Waals surface area (Å²) in [7, 11) is 0. The molecule has 0 radical (unpaired) electrons. The number of rotatable bonds is 44. The monoisotopic (exact) mass is 1470 g/mol. The number of ether oxygens (including phenoxy) is 6. The minimum atomic E-state index is -1.01. The molecule has 0 aromatic carbocycles. The van der Waals surface area contributed by atoms with Crippen LogP contribution in [0.2, 0.25) is 0 Å². The first-order chi connectivity index (χ1) is 47.3. The third kappa shape index (κ3) is 64.8. The van der Waals surface area contributed by atoms with Gasteiger partial charge in [-0.05, 0) is 212 Å². The van der Waals surface area contributed by atoms with E-state index in [9.17, 15) is 20.4 Å². The number of unbranched alkanes of at least 4 members (excludes halogenated alkanes) is 2.